The van der Waals surface area contributed by atoms with Gasteiger partial charge in [-0.05, 0) is 25.0 Å². The third-order valence-electron chi connectivity index (χ3n) is 4.45. The summed E-state index contributed by atoms with van der Waals surface area (Å²) < 4.78 is 6.02. The molecule has 23 heavy (non-hydrogen) atoms. The van der Waals surface area contributed by atoms with Gasteiger partial charge < -0.3 is 10.5 Å². The van der Waals surface area contributed by atoms with Crippen LogP contribution in [0.1, 0.15) is 36.2 Å². The Morgan fingerprint density at radius 1 is 1.22 bits per heavy atom. The number of fused-ring (bicyclic) bond motifs is 3. The monoisotopic (exact) mass is 308 g/mol. The van der Waals surface area contributed by atoms with Crippen LogP contribution in [0, 0.1) is 0 Å². The SMILES string of the molecule is CC1(C)Cc2c(c(Cc3ccccc3)nc3n[nH]c(N)c23)CO1. The van der Waals surface area contributed by atoms with Gasteiger partial charge in [-0.15, -0.1) is 0 Å². The molecule has 1 aliphatic rings. The lowest BCUT2D eigenvalue weighted by atomic mass is 9.88. The zero-order valence-electron chi connectivity index (χ0n) is 13.4. The van der Waals surface area contributed by atoms with Crippen molar-refractivity contribution >= 4 is 16.9 Å². The first-order valence-electron chi connectivity index (χ1n) is 7.85. The maximum Gasteiger partial charge on any atom is 0.183 e. The lowest BCUT2D eigenvalue weighted by molar-refractivity contribution is -0.0401. The quantitative estimate of drug-likeness (QED) is 0.763. The lowest BCUT2D eigenvalue weighted by Gasteiger charge is -2.33. The number of benzene rings is 1. The van der Waals surface area contributed by atoms with Crippen LogP contribution in [0.2, 0.25) is 0 Å². The van der Waals surface area contributed by atoms with Gasteiger partial charge in [-0.1, -0.05) is 30.3 Å². The van der Waals surface area contributed by atoms with Gasteiger partial charge >= 0.3 is 0 Å². The van der Waals surface area contributed by atoms with E-state index in [4.69, 9.17) is 15.5 Å². The molecule has 0 aliphatic carbocycles. The number of pyridine rings is 1. The van der Waals surface area contributed by atoms with Gasteiger partial charge in [-0.3, -0.25) is 5.10 Å². The van der Waals surface area contributed by atoms with E-state index < -0.39 is 0 Å². The van der Waals surface area contributed by atoms with Crippen molar-refractivity contribution in [1.29, 1.82) is 0 Å². The molecule has 1 aliphatic heterocycles. The van der Waals surface area contributed by atoms with Crippen molar-refractivity contribution in [2.75, 3.05) is 5.73 Å². The molecule has 3 aromatic rings. The Hall–Kier alpha value is -2.40. The molecule has 5 heteroatoms. The van der Waals surface area contributed by atoms with Gasteiger partial charge in [0, 0.05) is 18.4 Å². The highest BCUT2D eigenvalue weighted by Crippen LogP contribution is 2.36. The van der Waals surface area contributed by atoms with Crippen LogP contribution in [0.4, 0.5) is 5.82 Å². The first kappa shape index (κ1) is 14.2. The minimum absolute atomic E-state index is 0.199. The second-order valence-corrected chi connectivity index (χ2v) is 6.74. The molecule has 0 amide bonds. The van der Waals surface area contributed by atoms with Crippen LogP contribution in [0.5, 0.6) is 0 Å². The van der Waals surface area contributed by atoms with Crippen molar-refractivity contribution in [3.05, 3.63) is 52.7 Å². The first-order chi connectivity index (χ1) is 11.0. The molecule has 2 aromatic heterocycles. The van der Waals surface area contributed by atoms with E-state index in [1.807, 2.05) is 18.2 Å². The molecular weight excluding hydrogens is 288 g/mol. The summed E-state index contributed by atoms with van der Waals surface area (Å²) in [5, 5.41) is 8.10. The Labute approximate surface area is 134 Å². The molecule has 118 valence electrons. The van der Waals surface area contributed by atoms with Gasteiger partial charge in [0.05, 0.1) is 23.3 Å². The number of hydrogen-bond acceptors (Lipinski definition) is 4. The van der Waals surface area contributed by atoms with Crippen molar-refractivity contribution in [2.45, 2.75) is 38.9 Å². The number of aromatic amines is 1. The van der Waals surface area contributed by atoms with E-state index in [-0.39, 0.29) is 5.60 Å². The van der Waals surface area contributed by atoms with E-state index >= 15 is 0 Å². The van der Waals surface area contributed by atoms with Crippen LogP contribution in [-0.2, 0) is 24.2 Å². The van der Waals surface area contributed by atoms with Crippen molar-refractivity contribution < 1.29 is 4.74 Å². The summed E-state index contributed by atoms with van der Waals surface area (Å²) in [7, 11) is 0. The fourth-order valence-electron chi connectivity index (χ4n) is 3.29. The highest BCUT2D eigenvalue weighted by atomic mass is 16.5. The largest absolute Gasteiger partial charge is 0.384 e. The van der Waals surface area contributed by atoms with E-state index in [0.717, 1.165) is 29.5 Å². The standard InChI is InChI=1S/C18H20N4O/c1-18(2)9-12-13(10-23-18)14(8-11-6-4-3-5-7-11)20-17-15(12)16(19)21-22-17/h3-7H,8-10H2,1-2H3,(H3,19,20,21,22). The fourth-order valence-corrected chi connectivity index (χ4v) is 3.29. The Balaban J connectivity index is 1.89. The summed E-state index contributed by atoms with van der Waals surface area (Å²) in [4.78, 5) is 4.75. The fraction of sp³-hybridized carbons (Fsp3) is 0.333. The number of nitrogens with two attached hydrogens (primary N) is 1. The molecule has 3 N–H and O–H groups in total. The molecule has 3 heterocycles. The molecule has 0 radical (unpaired) electrons. The molecule has 0 spiro atoms. The summed E-state index contributed by atoms with van der Waals surface area (Å²) in [5.41, 5.74) is 11.2. The first-order valence-corrected chi connectivity index (χ1v) is 7.85. The summed E-state index contributed by atoms with van der Waals surface area (Å²) in [6, 6.07) is 10.4. The summed E-state index contributed by atoms with van der Waals surface area (Å²) in [6.45, 7) is 4.78. The smallest absolute Gasteiger partial charge is 0.183 e. The minimum Gasteiger partial charge on any atom is -0.384 e. The molecule has 1 aromatic carbocycles. The number of nitrogens with zero attached hydrogens (tertiary/aromatic N) is 2. The maximum absolute atomic E-state index is 6.09. The van der Waals surface area contributed by atoms with Gasteiger partial charge in [0.25, 0.3) is 0 Å². The van der Waals surface area contributed by atoms with Gasteiger partial charge in [0.15, 0.2) is 5.65 Å². The highest BCUT2D eigenvalue weighted by Gasteiger charge is 2.31. The molecule has 0 unspecified atom stereocenters. The molecular formula is C18H20N4O. The Bertz CT molecular complexity index is 868. The molecule has 5 nitrogen and oxygen atoms in total. The topological polar surface area (TPSA) is 76.8 Å². The lowest BCUT2D eigenvalue weighted by Crippen LogP contribution is -2.33. The number of ether oxygens (including phenoxy) is 1. The Morgan fingerprint density at radius 3 is 2.78 bits per heavy atom. The summed E-state index contributed by atoms with van der Waals surface area (Å²) in [6.07, 6.45) is 1.59. The molecule has 0 saturated heterocycles. The van der Waals surface area contributed by atoms with E-state index in [9.17, 15) is 0 Å². The van der Waals surface area contributed by atoms with Crippen molar-refractivity contribution in [3.8, 4) is 0 Å². The summed E-state index contributed by atoms with van der Waals surface area (Å²) in [5.74, 6) is 0.590. The van der Waals surface area contributed by atoms with Crippen LogP contribution >= 0.6 is 0 Å². The van der Waals surface area contributed by atoms with E-state index in [2.05, 4.69) is 36.2 Å². The van der Waals surface area contributed by atoms with E-state index in [1.54, 1.807) is 0 Å². The number of rotatable bonds is 2. The van der Waals surface area contributed by atoms with E-state index in [1.165, 1.54) is 11.1 Å². The second kappa shape index (κ2) is 5.06. The number of nitrogens with one attached hydrogen (secondary N) is 1. The normalized spacial score (nSPS) is 16.4. The Kier molecular flexibility index (Phi) is 3.13. The zero-order chi connectivity index (χ0) is 16.0. The Morgan fingerprint density at radius 2 is 2.00 bits per heavy atom. The number of aromatic nitrogens is 3. The number of nitrogen functional groups attached to an aromatic ring is 1. The predicted octanol–water partition coefficient (Wildman–Crippen LogP) is 2.98. The number of hydrogen-bond donors (Lipinski definition) is 2. The van der Waals surface area contributed by atoms with Crippen LogP contribution in [-0.4, -0.2) is 20.8 Å². The van der Waals surface area contributed by atoms with Crippen molar-refractivity contribution in [2.24, 2.45) is 0 Å². The third kappa shape index (κ3) is 2.47. The number of anilines is 1. The third-order valence-corrected chi connectivity index (χ3v) is 4.45. The van der Waals surface area contributed by atoms with Crippen LogP contribution < -0.4 is 5.73 Å². The van der Waals surface area contributed by atoms with Crippen LogP contribution in [0.15, 0.2) is 30.3 Å². The number of H-pyrrole nitrogens is 1. The highest BCUT2D eigenvalue weighted by molar-refractivity contribution is 5.90. The average Bonchev–Trinajstić information content (AvgIpc) is 2.88. The maximum atomic E-state index is 6.09. The van der Waals surface area contributed by atoms with Gasteiger partial charge in [-0.25, -0.2) is 4.98 Å². The van der Waals surface area contributed by atoms with Crippen LogP contribution in [0.25, 0.3) is 11.0 Å². The molecule has 0 atom stereocenters. The summed E-state index contributed by atoms with van der Waals surface area (Å²) >= 11 is 0. The molecule has 4 rings (SSSR count). The molecule has 0 saturated carbocycles. The van der Waals surface area contributed by atoms with Crippen molar-refractivity contribution in [1.82, 2.24) is 15.2 Å². The average molecular weight is 308 g/mol. The van der Waals surface area contributed by atoms with Crippen molar-refractivity contribution in [3.63, 3.8) is 0 Å². The van der Waals surface area contributed by atoms with Gasteiger partial charge in [0.1, 0.15) is 5.82 Å². The predicted molar refractivity (Wildman–Crippen MR) is 90.1 cm³/mol. The van der Waals surface area contributed by atoms with Gasteiger partial charge in [0.2, 0.25) is 0 Å². The minimum atomic E-state index is -0.199. The molecule has 0 fully saturated rings. The zero-order valence-corrected chi connectivity index (χ0v) is 13.4. The van der Waals surface area contributed by atoms with E-state index in [0.29, 0.717) is 18.1 Å². The van der Waals surface area contributed by atoms with Gasteiger partial charge in [-0.2, -0.15) is 5.10 Å². The molecule has 0 bridgehead atoms. The second-order valence-electron chi connectivity index (χ2n) is 6.74. The van der Waals surface area contributed by atoms with Crippen LogP contribution in [0.3, 0.4) is 0 Å².